The highest BCUT2D eigenvalue weighted by Gasteiger charge is 2.13. The van der Waals surface area contributed by atoms with Crippen molar-refractivity contribution >= 4 is 11.6 Å². The molecule has 18 heavy (non-hydrogen) atoms. The van der Waals surface area contributed by atoms with Gasteiger partial charge in [-0.25, -0.2) is 0 Å². The van der Waals surface area contributed by atoms with E-state index < -0.39 is 0 Å². The summed E-state index contributed by atoms with van der Waals surface area (Å²) in [5, 5.41) is 6.12. The first-order chi connectivity index (χ1) is 8.44. The summed E-state index contributed by atoms with van der Waals surface area (Å²) in [4.78, 5) is 11.8. The van der Waals surface area contributed by atoms with Gasteiger partial charge in [0.2, 0.25) is 5.91 Å². The lowest BCUT2D eigenvalue weighted by molar-refractivity contribution is -0.115. The van der Waals surface area contributed by atoms with Crippen molar-refractivity contribution in [2.24, 2.45) is 0 Å². The van der Waals surface area contributed by atoms with Gasteiger partial charge in [0.25, 0.3) is 0 Å². The molecule has 0 spiro atoms. The normalized spacial score (nSPS) is 14.4. The summed E-state index contributed by atoms with van der Waals surface area (Å²) in [6.45, 7) is 6.50. The molecule has 1 aliphatic rings. The van der Waals surface area contributed by atoms with Crippen LogP contribution in [0.15, 0.2) is 18.2 Å². The van der Waals surface area contributed by atoms with Crippen molar-refractivity contribution in [3.63, 3.8) is 0 Å². The minimum absolute atomic E-state index is 0.0165. The van der Waals surface area contributed by atoms with Crippen LogP contribution in [0.25, 0.3) is 0 Å². The van der Waals surface area contributed by atoms with Crippen molar-refractivity contribution in [3.8, 4) is 0 Å². The van der Waals surface area contributed by atoms with Gasteiger partial charge >= 0.3 is 0 Å². The first kappa shape index (κ1) is 13.1. The lowest BCUT2D eigenvalue weighted by atomic mass is 10.1. The maximum atomic E-state index is 11.8. The molecule has 0 aliphatic heterocycles. The van der Waals surface area contributed by atoms with Crippen LogP contribution in [0.1, 0.15) is 38.3 Å². The third-order valence-electron chi connectivity index (χ3n) is 3.16. The third-order valence-corrected chi connectivity index (χ3v) is 3.16. The van der Waals surface area contributed by atoms with Crippen LogP contribution in [0, 0.1) is 0 Å². The van der Waals surface area contributed by atoms with E-state index >= 15 is 0 Å². The fourth-order valence-corrected chi connectivity index (χ4v) is 2.20. The number of carbonyl (C=O) groups is 1. The molecular formula is C15H22N2O. The molecule has 0 radical (unpaired) electrons. The third kappa shape index (κ3) is 3.57. The van der Waals surface area contributed by atoms with Gasteiger partial charge in [-0.3, -0.25) is 4.79 Å². The van der Waals surface area contributed by atoms with Crippen molar-refractivity contribution < 1.29 is 4.79 Å². The Morgan fingerprint density at radius 2 is 1.94 bits per heavy atom. The van der Waals surface area contributed by atoms with E-state index in [2.05, 4.69) is 43.5 Å². The van der Waals surface area contributed by atoms with E-state index in [-0.39, 0.29) is 11.4 Å². The van der Waals surface area contributed by atoms with Gasteiger partial charge in [0.15, 0.2) is 0 Å². The molecule has 1 aromatic carbocycles. The Hall–Kier alpha value is -1.35. The van der Waals surface area contributed by atoms with Crippen LogP contribution in [0.2, 0.25) is 0 Å². The summed E-state index contributed by atoms with van der Waals surface area (Å²) in [5.74, 6) is 0.0165. The zero-order valence-electron chi connectivity index (χ0n) is 11.5. The number of nitrogens with one attached hydrogen (secondary N) is 2. The summed E-state index contributed by atoms with van der Waals surface area (Å²) in [7, 11) is 0. The van der Waals surface area contributed by atoms with Crippen LogP contribution in [0.3, 0.4) is 0 Å². The van der Waals surface area contributed by atoms with Crippen LogP contribution in [-0.4, -0.2) is 18.0 Å². The van der Waals surface area contributed by atoms with E-state index in [9.17, 15) is 4.79 Å². The Labute approximate surface area is 109 Å². The molecule has 1 aromatic rings. The van der Waals surface area contributed by atoms with E-state index in [1.54, 1.807) is 0 Å². The van der Waals surface area contributed by atoms with Crippen molar-refractivity contribution in [1.29, 1.82) is 0 Å². The van der Waals surface area contributed by atoms with E-state index in [4.69, 9.17) is 0 Å². The highest BCUT2D eigenvalue weighted by molar-refractivity contribution is 5.92. The lowest BCUT2D eigenvalue weighted by Crippen LogP contribution is -2.41. The Balaban J connectivity index is 1.91. The molecule has 0 fully saturated rings. The van der Waals surface area contributed by atoms with E-state index in [1.807, 2.05) is 6.07 Å². The fraction of sp³-hybridized carbons (Fsp3) is 0.533. The molecule has 0 heterocycles. The second kappa shape index (κ2) is 5.11. The molecule has 0 unspecified atom stereocenters. The average Bonchev–Trinajstić information content (AvgIpc) is 2.72. The molecule has 0 aromatic heterocycles. The monoisotopic (exact) mass is 246 g/mol. The summed E-state index contributed by atoms with van der Waals surface area (Å²) < 4.78 is 0. The van der Waals surface area contributed by atoms with Crippen LogP contribution >= 0.6 is 0 Å². The first-order valence-electron chi connectivity index (χ1n) is 6.61. The molecule has 0 saturated heterocycles. The topological polar surface area (TPSA) is 41.1 Å². The van der Waals surface area contributed by atoms with Gasteiger partial charge in [-0.15, -0.1) is 0 Å². The van der Waals surface area contributed by atoms with Crippen LogP contribution in [0.5, 0.6) is 0 Å². The number of amides is 1. The van der Waals surface area contributed by atoms with Crippen molar-refractivity contribution in [2.45, 2.75) is 45.6 Å². The number of fused-ring (bicyclic) bond motifs is 1. The smallest absolute Gasteiger partial charge is 0.238 e. The summed E-state index contributed by atoms with van der Waals surface area (Å²) in [5.41, 5.74) is 3.70. The van der Waals surface area contributed by atoms with Gasteiger partial charge in [-0.2, -0.15) is 0 Å². The molecule has 0 saturated carbocycles. The van der Waals surface area contributed by atoms with E-state index in [0.29, 0.717) is 6.54 Å². The largest absolute Gasteiger partial charge is 0.325 e. The predicted octanol–water partition coefficient (Wildman–Crippen LogP) is 2.50. The second-order valence-corrected chi connectivity index (χ2v) is 5.99. The molecule has 3 nitrogen and oxygen atoms in total. The average molecular weight is 246 g/mol. The van der Waals surface area contributed by atoms with Gasteiger partial charge < -0.3 is 10.6 Å². The molecule has 98 valence electrons. The van der Waals surface area contributed by atoms with Crippen LogP contribution in [-0.2, 0) is 17.6 Å². The molecule has 1 amide bonds. The van der Waals surface area contributed by atoms with Crippen LogP contribution in [0.4, 0.5) is 5.69 Å². The maximum Gasteiger partial charge on any atom is 0.238 e. The highest BCUT2D eigenvalue weighted by atomic mass is 16.1. The van der Waals surface area contributed by atoms with E-state index in [1.165, 1.54) is 24.0 Å². The molecule has 2 rings (SSSR count). The molecule has 2 N–H and O–H groups in total. The lowest BCUT2D eigenvalue weighted by Gasteiger charge is -2.20. The van der Waals surface area contributed by atoms with Crippen molar-refractivity contribution in [3.05, 3.63) is 29.3 Å². The molecule has 1 aliphatic carbocycles. The van der Waals surface area contributed by atoms with Gasteiger partial charge in [-0.1, -0.05) is 6.07 Å². The molecule has 0 bridgehead atoms. The Morgan fingerprint density at radius 1 is 1.22 bits per heavy atom. The van der Waals surface area contributed by atoms with Gasteiger partial charge in [0, 0.05) is 11.2 Å². The quantitative estimate of drug-likeness (QED) is 0.860. The summed E-state index contributed by atoms with van der Waals surface area (Å²) in [6.07, 6.45) is 3.55. The summed E-state index contributed by atoms with van der Waals surface area (Å²) in [6, 6.07) is 6.24. The van der Waals surface area contributed by atoms with Crippen molar-refractivity contribution in [1.82, 2.24) is 5.32 Å². The Morgan fingerprint density at radius 3 is 2.67 bits per heavy atom. The standard InChI is InChI=1S/C15H22N2O/c1-15(2,3)16-10-14(18)17-13-8-7-11-5-4-6-12(11)9-13/h7-9,16H,4-6,10H2,1-3H3,(H,17,18). The van der Waals surface area contributed by atoms with Gasteiger partial charge in [-0.05, 0) is 63.3 Å². The Bertz CT molecular complexity index is 446. The predicted molar refractivity (Wildman–Crippen MR) is 74.9 cm³/mol. The highest BCUT2D eigenvalue weighted by Crippen LogP contribution is 2.24. The Kier molecular flexibility index (Phi) is 3.71. The number of benzene rings is 1. The van der Waals surface area contributed by atoms with Gasteiger partial charge in [0.1, 0.15) is 0 Å². The minimum atomic E-state index is -0.0325. The SMILES string of the molecule is CC(C)(C)NCC(=O)Nc1ccc2c(c1)CCC2. The first-order valence-corrected chi connectivity index (χ1v) is 6.61. The van der Waals surface area contributed by atoms with Crippen molar-refractivity contribution in [2.75, 3.05) is 11.9 Å². The number of aryl methyl sites for hydroxylation is 2. The summed E-state index contributed by atoms with van der Waals surface area (Å²) >= 11 is 0. The van der Waals surface area contributed by atoms with Crippen LogP contribution < -0.4 is 10.6 Å². The zero-order chi connectivity index (χ0) is 13.2. The fourth-order valence-electron chi connectivity index (χ4n) is 2.20. The van der Waals surface area contributed by atoms with E-state index in [0.717, 1.165) is 12.1 Å². The molecule has 0 atom stereocenters. The molecular weight excluding hydrogens is 224 g/mol. The maximum absolute atomic E-state index is 11.8. The van der Waals surface area contributed by atoms with Gasteiger partial charge in [0.05, 0.1) is 6.54 Å². The number of rotatable bonds is 3. The molecule has 3 heteroatoms. The number of carbonyl (C=O) groups excluding carboxylic acids is 1. The minimum Gasteiger partial charge on any atom is -0.325 e. The second-order valence-electron chi connectivity index (χ2n) is 5.99. The zero-order valence-corrected chi connectivity index (χ0v) is 11.5. The number of hydrogen-bond donors (Lipinski definition) is 2. The number of hydrogen-bond acceptors (Lipinski definition) is 2. The number of anilines is 1.